The van der Waals surface area contributed by atoms with Gasteiger partial charge in [0, 0.05) is 25.7 Å². The normalized spacial score (nSPS) is 28.0. The van der Waals surface area contributed by atoms with Gasteiger partial charge in [0.25, 0.3) is 5.92 Å². The molecule has 8 heteroatoms. The van der Waals surface area contributed by atoms with Gasteiger partial charge in [-0.15, -0.1) is 0 Å². The largest absolute Gasteiger partial charge is 0.373 e. The number of halogens is 2. The number of hydrogen-bond acceptors (Lipinski definition) is 4. The van der Waals surface area contributed by atoms with Crippen LogP contribution in [0.2, 0.25) is 0 Å². The van der Waals surface area contributed by atoms with Gasteiger partial charge in [-0.2, -0.15) is 5.10 Å². The number of nitrogens with zero attached hydrogens (tertiary/aromatic N) is 3. The van der Waals surface area contributed by atoms with Crippen molar-refractivity contribution in [3.05, 3.63) is 18.0 Å². The summed E-state index contributed by atoms with van der Waals surface area (Å²) in [6, 6.07) is -0.791. The monoisotopic (exact) mass is 314 g/mol. The third-order valence-corrected chi connectivity index (χ3v) is 4.01. The van der Waals surface area contributed by atoms with E-state index in [9.17, 15) is 13.6 Å². The quantitative estimate of drug-likeness (QED) is 0.878. The molecule has 0 spiro atoms. The summed E-state index contributed by atoms with van der Waals surface area (Å²) in [6.07, 6.45) is 3.07. The summed E-state index contributed by atoms with van der Waals surface area (Å²) in [5.74, 6) is -3.05. The van der Waals surface area contributed by atoms with E-state index in [1.165, 1.54) is 0 Å². The molecule has 0 aliphatic carbocycles. The maximum absolute atomic E-state index is 13.2. The summed E-state index contributed by atoms with van der Waals surface area (Å²) >= 11 is 0. The van der Waals surface area contributed by atoms with Crippen molar-refractivity contribution < 1.29 is 18.3 Å². The number of carbonyl (C=O) groups excluding carboxylic acids is 1. The lowest BCUT2D eigenvalue weighted by Gasteiger charge is -2.34. The van der Waals surface area contributed by atoms with Gasteiger partial charge in [0.05, 0.1) is 38.0 Å². The lowest BCUT2D eigenvalue weighted by Crippen LogP contribution is -2.52. The fraction of sp³-hybridized carbons (Fsp3) is 0.714. The molecule has 22 heavy (non-hydrogen) atoms. The molecule has 0 aromatic carbocycles. The minimum absolute atomic E-state index is 0.168. The van der Waals surface area contributed by atoms with Gasteiger partial charge in [-0.1, -0.05) is 0 Å². The lowest BCUT2D eigenvalue weighted by molar-refractivity contribution is -0.141. The molecule has 0 saturated carbocycles. The molecule has 2 aliphatic heterocycles. The maximum atomic E-state index is 13.2. The summed E-state index contributed by atoms with van der Waals surface area (Å²) in [7, 11) is 0. The van der Waals surface area contributed by atoms with E-state index in [0.29, 0.717) is 26.2 Å². The molecule has 1 N–H and O–H groups in total. The van der Waals surface area contributed by atoms with Crippen LogP contribution in [0.1, 0.15) is 12.0 Å². The molecule has 2 unspecified atom stereocenters. The summed E-state index contributed by atoms with van der Waals surface area (Å²) < 4.78 is 33.9. The van der Waals surface area contributed by atoms with Crippen molar-refractivity contribution in [2.75, 3.05) is 26.2 Å². The second-order valence-electron chi connectivity index (χ2n) is 6.01. The van der Waals surface area contributed by atoms with Gasteiger partial charge >= 0.3 is 0 Å². The topological polar surface area (TPSA) is 59.4 Å². The fourth-order valence-corrected chi connectivity index (χ4v) is 2.92. The van der Waals surface area contributed by atoms with Gasteiger partial charge in [0.2, 0.25) is 5.91 Å². The molecule has 1 aromatic heterocycles. The zero-order valence-electron chi connectivity index (χ0n) is 12.5. The van der Waals surface area contributed by atoms with E-state index in [-0.39, 0.29) is 12.0 Å². The molecule has 2 fully saturated rings. The van der Waals surface area contributed by atoms with E-state index < -0.39 is 24.9 Å². The van der Waals surface area contributed by atoms with Crippen LogP contribution in [0.3, 0.4) is 0 Å². The number of carbonyl (C=O) groups is 1. The van der Waals surface area contributed by atoms with Crippen LogP contribution >= 0.6 is 0 Å². The minimum Gasteiger partial charge on any atom is -0.373 e. The standard InChI is InChI=1S/C14H20F2N4O2/c1-10-5-18-20(6-10)8-11-7-19(2-3-22-11)13(21)12-4-14(15,16)9-17-12/h5-6,11-12,17H,2-4,7-9H2,1H3. The Morgan fingerprint density at radius 1 is 1.59 bits per heavy atom. The number of aryl methyl sites for hydroxylation is 1. The predicted molar refractivity (Wildman–Crippen MR) is 74.6 cm³/mol. The van der Waals surface area contributed by atoms with Gasteiger partial charge < -0.3 is 9.64 Å². The number of morpholine rings is 1. The Kier molecular flexibility index (Phi) is 4.14. The Morgan fingerprint density at radius 2 is 2.41 bits per heavy atom. The first-order valence-electron chi connectivity index (χ1n) is 7.44. The predicted octanol–water partition coefficient (Wildman–Crippen LogP) is 0.416. The van der Waals surface area contributed by atoms with Gasteiger partial charge in [-0.25, -0.2) is 8.78 Å². The Hall–Kier alpha value is -1.54. The summed E-state index contributed by atoms with van der Waals surface area (Å²) in [4.78, 5) is 14.0. The lowest BCUT2D eigenvalue weighted by atomic mass is 10.1. The second-order valence-corrected chi connectivity index (χ2v) is 6.01. The zero-order valence-corrected chi connectivity index (χ0v) is 12.5. The molecular weight excluding hydrogens is 294 g/mol. The summed E-state index contributed by atoms with van der Waals surface area (Å²) in [5, 5.41) is 6.81. The van der Waals surface area contributed by atoms with Crippen molar-refractivity contribution >= 4 is 5.91 Å². The summed E-state index contributed by atoms with van der Waals surface area (Å²) in [6.45, 7) is 3.33. The molecule has 6 nitrogen and oxygen atoms in total. The molecule has 2 atom stereocenters. The van der Waals surface area contributed by atoms with Crippen molar-refractivity contribution in [1.29, 1.82) is 0 Å². The van der Waals surface area contributed by atoms with E-state index in [1.54, 1.807) is 15.8 Å². The Morgan fingerprint density at radius 3 is 3.05 bits per heavy atom. The van der Waals surface area contributed by atoms with Crippen molar-refractivity contribution in [3.8, 4) is 0 Å². The van der Waals surface area contributed by atoms with Gasteiger partial charge in [0.1, 0.15) is 0 Å². The molecule has 1 aromatic rings. The van der Waals surface area contributed by atoms with Crippen LogP contribution in [-0.2, 0) is 16.1 Å². The molecule has 1 amide bonds. The van der Waals surface area contributed by atoms with Gasteiger partial charge in [-0.3, -0.25) is 14.8 Å². The number of alkyl halides is 2. The number of ether oxygens (including phenoxy) is 1. The third-order valence-electron chi connectivity index (χ3n) is 4.01. The first-order valence-corrected chi connectivity index (χ1v) is 7.44. The van der Waals surface area contributed by atoms with Crippen LogP contribution in [0.5, 0.6) is 0 Å². The van der Waals surface area contributed by atoms with Crippen LogP contribution < -0.4 is 5.32 Å². The Balaban J connectivity index is 1.57. The van der Waals surface area contributed by atoms with E-state index in [1.807, 2.05) is 13.1 Å². The number of rotatable bonds is 3. The van der Waals surface area contributed by atoms with Crippen LogP contribution in [-0.4, -0.2) is 64.9 Å². The van der Waals surface area contributed by atoms with Crippen molar-refractivity contribution in [2.24, 2.45) is 0 Å². The zero-order chi connectivity index (χ0) is 15.7. The molecule has 3 heterocycles. The number of amides is 1. The maximum Gasteiger partial charge on any atom is 0.262 e. The van der Waals surface area contributed by atoms with Crippen molar-refractivity contribution in [3.63, 3.8) is 0 Å². The highest BCUT2D eigenvalue weighted by molar-refractivity contribution is 5.82. The summed E-state index contributed by atoms with van der Waals surface area (Å²) in [5.41, 5.74) is 1.06. The smallest absolute Gasteiger partial charge is 0.262 e. The molecular formula is C14H20F2N4O2. The Labute approximate surface area is 127 Å². The molecule has 2 aliphatic rings. The van der Waals surface area contributed by atoms with Crippen LogP contribution in [0.25, 0.3) is 0 Å². The number of nitrogens with one attached hydrogen (secondary N) is 1. The van der Waals surface area contributed by atoms with Gasteiger partial charge in [-0.05, 0) is 12.5 Å². The van der Waals surface area contributed by atoms with Crippen molar-refractivity contribution in [2.45, 2.75) is 38.0 Å². The Bertz CT molecular complexity index is 549. The fourth-order valence-electron chi connectivity index (χ4n) is 2.92. The second kappa shape index (κ2) is 5.92. The van der Waals surface area contributed by atoms with E-state index in [2.05, 4.69) is 10.4 Å². The average molecular weight is 314 g/mol. The number of aromatic nitrogens is 2. The minimum atomic E-state index is -2.79. The van der Waals surface area contributed by atoms with Crippen LogP contribution in [0.15, 0.2) is 12.4 Å². The highest BCUT2D eigenvalue weighted by Gasteiger charge is 2.44. The highest BCUT2D eigenvalue weighted by Crippen LogP contribution is 2.26. The van der Waals surface area contributed by atoms with Crippen molar-refractivity contribution in [1.82, 2.24) is 20.0 Å². The van der Waals surface area contributed by atoms with E-state index in [4.69, 9.17) is 4.74 Å². The molecule has 3 rings (SSSR count). The first-order chi connectivity index (χ1) is 10.4. The molecule has 0 bridgehead atoms. The van der Waals surface area contributed by atoms with E-state index in [0.717, 1.165) is 5.56 Å². The van der Waals surface area contributed by atoms with Crippen LogP contribution in [0.4, 0.5) is 8.78 Å². The molecule has 2 saturated heterocycles. The highest BCUT2D eigenvalue weighted by atomic mass is 19.3. The number of hydrogen-bond donors (Lipinski definition) is 1. The van der Waals surface area contributed by atoms with Crippen LogP contribution in [0, 0.1) is 6.92 Å². The average Bonchev–Trinajstić information content (AvgIpc) is 3.04. The SMILES string of the molecule is Cc1cnn(CC2CN(C(=O)C3CC(F)(F)CN3)CCO2)c1. The third kappa shape index (κ3) is 3.44. The van der Waals surface area contributed by atoms with E-state index >= 15 is 0 Å². The molecule has 0 radical (unpaired) electrons. The first kappa shape index (κ1) is 15.4. The van der Waals surface area contributed by atoms with Gasteiger partial charge in [0.15, 0.2) is 0 Å². The molecule has 122 valence electrons.